The molecule has 0 fully saturated rings. The standard InChI is InChI=1S/C15H22O4S/c1-4-5-6-12-7-13(10-15(16)17)9-14(8-12)20(18,19)11(2)3/h7-9,11H,4-6,10H2,1-3H3,(H,16,17). The van der Waals surface area contributed by atoms with Crippen molar-refractivity contribution in [3.63, 3.8) is 0 Å². The fourth-order valence-corrected chi connectivity index (χ4v) is 3.14. The van der Waals surface area contributed by atoms with Crippen LogP contribution in [0.3, 0.4) is 0 Å². The minimum atomic E-state index is -3.38. The highest BCUT2D eigenvalue weighted by atomic mass is 32.2. The first-order valence-corrected chi connectivity index (χ1v) is 8.40. The molecule has 0 atom stereocenters. The summed E-state index contributed by atoms with van der Waals surface area (Å²) in [5, 5.41) is 8.37. The van der Waals surface area contributed by atoms with Crippen LogP contribution in [0.15, 0.2) is 23.1 Å². The summed E-state index contributed by atoms with van der Waals surface area (Å²) in [6, 6.07) is 4.96. The Hall–Kier alpha value is -1.36. The van der Waals surface area contributed by atoms with Crippen molar-refractivity contribution in [2.24, 2.45) is 0 Å². The molecule has 5 heteroatoms. The predicted molar refractivity (Wildman–Crippen MR) is 78.7 cm³/mol. The van der Waals surface area contributed by atoms with Gasteiger partial charge in [-0.3, -0.25) is 4.79 Å². The van der Waals surface area contributed by atoms with Crippen LogP contribution in [0.2, 0.25) is 0 Å². The van der Waals surface area contributed by atoms with Gasteiger partial charge in [0.2, 0.25) is 0 Å². The third-order valence-electron chi connectivity index (χ3n) is 3.15. The summed E-state index contributed by atoms with van der Waals surface area (Å²) >= 11 is 0. The molecule has 0 unspecified atom stereocenters. The summed E-state index contributed by atoms with van der Waals surface area (Å²) in [6.45, 7) is 5.32. The average molecular weight is 298 g/mol. The minimum absolute atomic E-state index is 0.152. The molecule has 0 heterocycles. The molecule has 0 saturated carbocycles. The Labute approximate surface area is 120 Å². The largest absolute Gasteiger partial charge is 0.481 e. The molecule has 0 radical (unpaired) electrons. The van der Waals surface area contributed by atoms with Gasteiger partial charge in [-0.2, -0.15) is 0 Å². The van der Waals surface area contributed by atoms with Crippen molar-refractivity contribution < 1.29 is 18.3 Å². The minimum Gasteiger partial charge on any atom is -0.481 e. The second kappa shape index (κ2) is 6.88. The monoisotopic (exact) mass is 298 g/mol. The Bertz CT molecular complexity index is 574. The van der Waals surface area contributed by atoms with Crippen LogP contribution >= 0.6 is 0 Å². The molecule has 0 aliphatic rings. The summed E-state index contributed by atoms with van der Waals surface area (Å²) in [5.74, 6) is -0.953. The van der Waals surface area contributed by atoms with Crippen molar-refractivity contribution in [2.75, 3.05) is 0 Å². The van der Waals surface area contributed by atoms with Gasteiger partial charge < -0.3 is 5.11 Å². The Kier molecular flexibility index (Phi) is 5.74. The maximum Gasteiger partial charge on any atom is 0.307 e. The SMILES string of the molecule is CCCCc1cc(CC(=O)O)cc(S(=O)(=O)C(C)C)c1. The molecule has 1 aromatic rings. The third-order valence-corrected chi connectivity index (χ3v) is 5.28. The Morgan fingerprint density at radius 2 is 1.80 bits per heavy atom. The van der Waals surface area contributed by atoms with Crippen molar-refractivity contribution in [3.8, 4) is 0 Å². The Morgan fingerprint density at radius 3 is 2.30 bits per heavy atom. The third kappa shape index (κ3) is 4.34. The number of hydrogen-bond donors (Lipinski definition) is 1. The van der Waals surface area contributed by atoms with Gasteiger partial charge in [-0.1, -0.05) is 19.4 Å². The molecule has 0 bridgehead atoms. The molecular formula is C15H22O4S. The van der Waals surface area contributed by atoms with Crippen molar-refractivity contribution in [3.05, 3.63) is 29.3 Å². The van der Waals surface area contributed by atoms with E-state index in [1.54, 1.807) is 26.0 Å². The van der Waals surface area contributed by atoms with Crippen LogP contribution < -0.4 is 0 Å². The second-order valence-corrected chi connectivity index (χ2v) is 7.76. The van der Waals surface area contributed by atoms with E-state index in [0.29, 0.717) is 5.56 Å². The number of aryl methyl sites for hydroxylation is 1. The molecule has 0 aliphatic carbocycles. The molecule has 1 aromatic carbocycles. The molecule has 0 amide bonds. The van der Waals surface area contributed by atoms with Gasteiger partial charge in [0, 0.05) is 0 Å². The van der Waals surface area contributed by atoms with Crippen molar-refractivity contribution >= 4 is 15.8 Å². The molecule has 0 saturated heterocycles. The van der Waals surface area contributed by atoms with Crippen LogP contribution in [0.1, 0.15) is 44.7 Å². The number of benzene rings is 1. The summed E-state index contributed by atoms with van der Waals surface area (Å²) in [4.78, 5) is 11.1. The van der Waals surface area contributed by atoms with E-state index in [-0.39, 0.29) is 11.3 Å². The number of carbonyl (C=O) groups is 1. The van der Waals surface area contributed by atoms with Crippen LogP contribution in [-0.4, -0.2) is 24.7 Å². The van der Waals surface area contributed by atoms with Gasteiger partial charge in [0.15, 0.2) is 9.84 Å². The number of carboxylic acids is 1. The van der Waals surface area contributed by atoms with Crippen molar-refractivity contribution in [1.29, 1.82) is 0 Å². The quantitative estimate of drug-likeness (QED) is 0.840. The lowest BCUT2D eigenvalue weighted by Crippen LogP contribution is -2.15. The first kappa shape index (κ1) is 16.7. The maximum absolute atomic E-state index is 12.2. The fraction of sp³-hybridized carbons (Fsp3) is 0.533. The summed E-state index contributed by atoms with van der Waals surface area (Å²) < 4.78 is 24.5. The lowest BCUT2D eigenvalue weighted by atomic mass is 10.0. The van der Waals surface area contributed by atoms with E-state index in [0.717, 1.165) is 24.8 Å². The highest BCUT2D eigenvalue weighted by Crippen LogP contribution is 2.21. The number of unbranched alkanes of at least 4 members (excludes halogenated alkanes) is 1. The van der Waals surface area contributed by atoms with Crippen LogP contribution in [0.25, 0.3) is 0 Å². The molecule has 1 N–H and O–H groups in total. The topological polar surface area (TPSA) is 71.4 Å². The van der Waals surface area contributed by atoms with E-state index in [2.05, 4.69) is 6.92 Å². The van der Waals surface area contributed by atoms with Gasteiger partial charge in [0.1, 0.15) is 0 Å². The summed E-state index contributed by atoms with van der Waals surface area (Å²) in [6.07, 6.45) is 2.58. The Morgan fingerprint density at radius 1 is 1.20 bits per heavy atom. The van der Waals surface area contributed by atoms with Crippen LogP contribution in [0, 0.1) is 0 Å². The van der Waals surface area contributed by atoms with Gasteiger partial charge in [0.25, 0.3) is 0 Å². The molecule has 0 aliphatic heterocycles. The van der Waals surface area contributed by atoms with Crippen LogP contribution in [-0.2, 0) is 27.5 Å². The number of hydrogen-bond acceptors (Lipinski definition) is 3. The van der Waals surface area contributed by atoms with E-state index in [1.165, 1.54) is 6.07 Å². The zero-order chi connectivity index (χ0) is 15.3. The number of aliphatic carboxylic acids is 1. The lowest BCUT2D eigenvalue weighted by Gasteiger charge is -2.12. The van der Waals surface area contributed by atoms with E-state index in [4.69, 9.17) is 5.11 Å². The van der Waals surface area contributed by atoms with E-state index in [9.17, 15) is 13.2 Å². The average Bonchev–Trinajstić information content (AvgIpc) is 2.35. The van der Waals surface area contributed by atoms with E-state index < -0.39 is 21.1 Å². The van der Waals surface area contributed by atoms with Crippen molar-refractivity contribution in [2.45, 2.75) is 56.6 Å². The summed E-state index contributed by atoms with van der Waals surface area (Å²) in [5.41, 5.74) is 1.44. The van der Waals surface area contributed by atoms with E-state index >= 15 is 0 Å². The Balaban J connectivity index is 3.26. The van der Waals surface area contributed by atoms with Gasteiger partial charge in [-0.25, -0.2) is 8.42 Å². The molecule has 20 heavy (non-hydrogen) atoms. The molecule has 0 spiro atoms. The normalized spacial score (nSPS) is 11.8. The molecule has 0 aromatic heterocycles. The zero-order valence-corrected chi connectivity index (χ0v) is 13.0. The fourth-order valence-electron chi connectivity index (χ4n) is 1.97. The molecule has 112 valence electrons. The van der Waals surface area contributed by atoms with Gasteiger partial charge in [0.05, 0.1) is 16.6 Å². The number of rotatable bonds is 7. The first-order valence-electron chi connectivity index (χ1n) is 6.86. The number of sulfone groups is 1. The van der Waals surface area contributed by atoms with Gasteiger partial charge in [-0.15, -0.1) is 0 Å². The highest BCUT2D eigenvalue weighted by Gasteiger charge is 2.20. The van der Waals surface area contributed by atoms with Crippen molar-refractivity contribution in [1.82, 2.24) is 0 Å². The van der Waals surface area contributed by atoms with Gasteiger partial charge >= 0.3 is 5.97 Å². The first-order chi connectivity index (χ1) is 9.27. The predicted octanol–water partition coefficient (Wildman–Crippen LogP) is 2.84. The second-order valence-electron chi connectivity index (χ2n) is 5.25. The molecule has 4 nitrogen and oxygen atoms in total. The lowest BCUT2D eigenvalue weighted by molar-refractivity contribution is -0.136. The molecule has 1 rings (SSSR count). The van der Waals surface area contributed by atoms with Gasteiger partial charge in [-0.05, 0) is 49.9 Å². The highest BCUT2D eigenvalue weighted by molar-refractivity contribution is 7.92. The van der Waals surface area contributed by atoms with Crippen LogP contribution in [0.5, 0.6) is 0 Å². The van der Waals surface area contributed by atoms with E-state index in [1.807, 2.05) is 0 Å². The summed E-state index contributed by atoms with van der Waals surface area (Å²) in [7, 11) is -3.38. The molecular weight excluding hydrogens is 276 g/mol. The number of carboxylic acid groups (broad SMARTS) is 1. The smallest absolute Gasteiger partial charge is 0.307 e. The maximum atomic E-state index is 12.2. The van der Waals surface area contributed by atoms with Crippen LogP contribution in [0.4, 0.5) is 0 Å². The zero-order valence-electron chi connectivity index (χ0n) is 12.2.